The smallest absolute Gasteiger partial charge is 0.407 e. The molecule has 0 unspecified atom stereocenters. The van der Waals surface area contributed by atoms with Crippen molar-refractivity contribution in [3.05, 3.63) is 35.9 Å². The van der Waals surface area contributed by atoms with Gasteiger partial charge in [0, 0.05) is 6.54 Å². The van der Waals surface area contributed by atoms with E-state index in [1.165, 1.54) is 0 Å². The predicted molar refractivity (Wildman–Crippen MR) is 72.6 cm³/mol. The zero-order chi connectivity index (χ0) is 15.7. The number of carbonyl (C=O) groups excluding carboxylic acids is 1. The molecule has 0 aliphatic rings. The fourth-order valence-corrected chi connectivity index (χ4v) is 1.62. The van der Waals surface area contributed by atoms with Crippen molar-refractivity contribution in [2.45, 2.75) is 19.4 Å². The van der Waals surface area contributed by atoms with E-state index >= 15 is 0 Å². The topological polar surface area (TPSA) is 113 Å². The highest BCUT2D eigenvalue weighted by atomic mass is 16.5. The molecule has 114 valence electrons. The molecular formula is C14H17NO6. The van der Waals surface area contributed by atoms with Crippen molar-refractivity contribution in [2.75, 3.05) is 6.54 Å². The summed E-state index contributed by atoms with van der Waals surface area (Å²) in [6.07, 6.45) is -0.436. The summed E-state index contributed by atoms with van der Waals surface area (Å²) in [6, 6.07) is 9.14. The molecule has 0 aliphatic heterocycles. The molecule has 7 heteroatoms. The van der Waals surface area contributed by atoms with Gasteiger partial charge in [-0.3, -0.25) is 9.59 Å². The zero-order valence-electron chi connectivity index (χ0n) is 11.3. The average Bonchev–Trinajstić information content (AvgIpc) is 2.45. The lowest BCUT2D eigenvalue weighted by atomic mass is 10.0. The SMILES string of the molecule is O=C(NCCCC(C(=O)O)C(=O)O)OCc1ccccc1. The van der Waals surface area contributed by atoms with Crippen LogP contribution in [0.15, 0.2) is 30.3 Å². The number of benzene rings is 1. The van der Waals surface area contributed by atoms with Crippen LogP contribution < -0.4 is 5.32 Å². The number of hydrogen-bond acceptors (Lipinski definition) is 4. The largest absolute Gasteiger partial charge is 0.481 e. The second kappa shape index (κ2) is 8.57. The standard InChI is InChI=1S/C14H17NO6/c16-12(17)11(13(18)19)7-4-8-15-14(20)21-9-10-5-2-1-3-6-10/h1-3,5-6,11H,4,7-9H2,(H,15,20)(H,16,17)(H,18,19). The lowest BCUT2D eigenvalue weighted by Crippen LogP contribution is -2.28. The first-order valence-electron chi connectivity index (χ1n) is 6.41. The quantitative estimate of drug-likeness (QED) is 0.494. The summed E-state index contributed by atoms with van der Waals surface area (Å²) in [6.45, 7) is 0.296. The van der Waals surface area contributed by atoms with Crippen molar-refractivity contribution >= 4 is 18.0 Å². The molecule has 0 fully saturated rings. The number of alkyl carbamates (subject to hydrolysis) is 1. The summed E-state index contributed by atoms with van der Waals surface area (Å²) in [4.78, 5) is 32.6. The number of nitrogens with one attached hydrogen (secondary N) is 1. The first kappa shape index (κ1) is 16.5. The van der Waals surface area contributed by atoms with Crippen LogP contribution in [0.2, 0.25) is 0 Å². The normalized spacial score (nSPS) is 10.1. The second-order valence-corrected chi connectivity index (χ2v) is 4.36. The first-order valence-corrected chi connectivity index (χ1v) is 6.41. The maximum Gasteiger partial charge on any atom is 0.407 e. The van der Waals surface area contributed by atoms with E-state index < -0.39 is 23.9 Å². The molecule has 0 saturated carbocycles. The third kappa shape index (κ3) is 6.42. The summed E-state index contributed by atoms with van der Waals surface area (Å²) in [5, 5.41) is 19.8. The summed E-state index contributed by atoms with van der Waals surface area (Å²) in [5.74, 6) is -4.21. The van der Waals surface area contributed by atoms with E-state index in [2.05, 4.69) is 5.32 Å². The van der Waals surface area contributed by atoms with Crippen LogP contribution in [0, 0.1) is 5.92 Å². The molecule has 0 spiro atoms. The maximum atomic E-state index is 11.4. The Kier molecular flexibility index (Phi) is 6.73. The van der Waals surface area contributed by atoms with Gasteiger partial charge in [0.15, 0.2) is 5.92 Å². The number of hydrogen-bond donors (Lipinski definition) is 3. The third-order valence-corrected chi connectivity index (χ3v) is 2.75. The lowest BCUT2D eigenvalue weighted by molar-refractivity contribution is -0.154. The van der Waals surface area contributed by atoms with E-state index in [0.717, 1.165) is 5.56 Å². The van der Waals surface area contributed by atoms with E-state index in [-0.39, 0.29) is 26.0 Å². The molecule has 1 amide bonds. The number of aliphatic carboxylic acids is 2. The van der Waals surface area contributed by atoms with E-state index in [9.17, 15) is 14.4 Å². The van der Waals surface area contributed by atoms with Gasteiger partial charge >= 0.3 is 18.0 Å². The van der Waals surface area contributed by atoms with Gasteiger partial charge in [0.05, 0.1) is 0 Å². The average molecular weight is 295 g/mol. The number of carboxylic acid groups (broad SMARTS) is 2. The van der Waals surface area contributed by atoms with Gasteiger partial charge in [-0.1, -0.05) is 30.3 Å². The second-order valence-electron chi connectivity index (χ2n) is 4.36. The molecule has 1 aromatic rings. The van der Waals surface area contributed by atoms with Crippen LogP contribution in [0.5, 0.6) is 0 Å². The molecule has 0 heterocycles. The highest BCUT2D eigenvalue weighted by Gasteiger charge is 2.24. The van der Waals surface area contributed by atoms with Crippen molar-refractivity contribution in [2.24, 2.45) is 5.92 Å². The number of rotatable bonds is 8. The van der Waals surface area contributed by atoms with Crippen LogP contribution in [0.25, 0.3) is 0 Å². The molecule has 0 atom stereocenters. The van der Waals surface area contributed by atoms with E-state index in [0.29, 0.717) is 0 Å². The van der Waals surface area contributed by atoms with Crippen LogP contribution in [0.4, 0.5) is 4.79 Å². The molecule has 0 radical (unpaired) electrons. The molecule has 0 aromatic heterocycles. The first-order chi connectivity index (χ1) is 10.0. The van der Waals surface area contributed by atoms with Gasteiger partial charge in [-0.2, -0.15) is 0 Å². The Balaban J connectivity index is 2.19. The molecule has 0 aliphatic carbocycles. The number of carbonyl (C=O) groups is 3. The van der Waals surface area contributed by atoms with Crippen molar-refractivity contribution in [3.63, 3.8) is 0 Å². The van der Waals surface area contributed by atoms with Gasteiger partial charge in [-0.15, -0.1) is 0 Å². The monoisotopic (exact) mass is 295 g/mol. The predicted octanol–water partition coefficient (Wildman–Crippen LogP) is 1.48. The Labute approximate surface area is 121 Å². The van der Waals surface area contributed by atoms with Crippen LogP contribution in [0.1, 0.15) is 18.4 Å². The summed E-state index contributed by atoms with van der Waals surface area (Å²) in [7, 11) is 0. The lowest BCUT2D eigenvalue weighted by Gasteiger charge is -2.09. The van der Waals surface area contributed by atoms with Gasteiger partial charge in [0.2, 0.25) is 0 Å². The maximum absolute atomic E-state index is 11.4. The van der Waals surface area contributed by atoms with E-state index in [4.69, 9.17) is 14.9 Å². The summed E-state index contributed by atoms with van der Waals surface area (Å²) >= 11 is 0. The van der Waals surface area contributed by atoms with E-state index in [1.54, 1.807) is 0 Å². The van der Waals surface area contributed by atoms with Crippen LogP contribution >= 0.6 is 0 Å². The molecule has 21 heavy (non-hydrogen) atoms. The Morgan fingerprint density at radius 3 is 2.29 bits per heavy atom. The molecule has 1 rings (SSSR count). The Morgan fingerprint density at radius 1 is 1.10 bits per heavy atom. The van der Waals surface area contributed by atoms with Crippen molar-refractivity contribution in [1.29, 1.82) is 0 Å². The van der Waals surface area contributed by atoms with Crippen molar-refractivity contribution in [1.82, 2.24) is 5.32 Å². The summed E-state index contributed by atoms with van der Waals surface area (Å²) in [5.41, 5.74) is 0.851. The minimum atomic E-state index is -1.45. The Morgan fingerprint density at radius 2 is 1.71 bits per heavy atom. The van der Waals surface area contributed by atoms with Crippen molar-refractivity contribution < 1.29 is 29.3 Å². The molecule has 7 nitrogen and oxygen atoms in total. The third-order valence-electron chi connectivity index (χ3n) is 2.75. The zero-order valence-corrected chi connectivity index (χ0v) is 11.3. The van der Waals surface area contributed by atoms with Gasteiger partial charge < -0.3 is 20.3 Å². The highest BCUT2D eigenvalue weighted by Crippen LogP contribution is 2.06. The van der Waals surface area contributed by atoms with Gasteiger partial charge in [0.1, 0.15) is 6.61 Å². The van der Waals surface area contributed by atoms with Crippen LogP contribution in [-0.4, -0.2) is 34.8 Å². The molecule has 3 N–H and O–H groups in total. The molecular weight excluding hydrogens is 278 g/mol. The fourth-order valence-electron chi connectivity index (χ4n) is 1.62. The van der Waals surface area contributed by atoms with Crippen molar-refractivity contribution in [3.8, 4) is 0 Å². The van der Waals surface area contributed by atoms with Gasteiger partial charge in [-0.25, -0.2) is 4.79 Å². The molecule has 1 aromatic carbocycles. The minimum Gasteiger partial charge on any atom is -0.481 e. The fraction of sp³-hybridized carbons (Fsp3) is 0.357. The number of amides is 1. The number of carboxylic acids is 2. The number of ether oxygens (including phenoxy) is 1. The molecule has 0 saturated heterocycles. The van der Waals surface area contributed by atoms with E-state index in [1.807, 2.05) is 30.3 Å². The van der Waals surface area contributed by atoms with Gasteiger partial charge in [0.25, 0.3) is 0 Å². The highest BCUT2D eigenvalue weighted by molar-refractivity contribution is 5.92. The van der Waals surface area contributed by atoms with Crippen LogP contribution in [-0.2, 0) is 20.9 Å². The molecule has 0 bridgehead atoms. The minimum absolute atomic E-state index is 0.0520. The Hall–Kier alpha value is -2.57. The van der Waals surface area contributed by atoms with Gasteiger partial charge in [-0.05, 0) is 18.4 Å². The Bertz CT molecular complexity index is 473. The van der Waals surface area contributed by atoms with Crippen LogP contribution in [0.3, 0.4) is 0 Å². The summed E-state index contributed by atoms with van der Waals surface area (Å²) < 4.78 is 4.95.